The highest BCUT2D eigenvalue weighted by Crippen LogP contribution is 2.21. The molecule has 6 heteroatoms. The fraction of sp³-hybridized carbons (Fsp3) is 0.632. The fourth-order valence-electron chi connectivity index (χ4n) is 2.29. The van der Waals surface area contributed by atoms with Gasteiger partial charge in [0.15, 0.2) is 11.6 Å². The van der Waals surface area contributed by atoms with Crippen molar-refractivity contribution in [1.82, 2.24) is 10.6 Å². The molecule has 2 atom stereocenters. The number of nitrogens with one attached hydrogen (secondary N) is 2. The largest absolute Gasteiger partial charge is 0.494 e. The SMILES string of the molecule is COc1ccc(C(C)NCC(NC(=O)OC(C)(C)C)C(C)C)cc1F. The fourth-order valence-corrected chi connectivity index (χ4v) is 2.29. The molecule has 0 saturated heterocycles. The van der Waals surface area contributed by atoms with E-state index in [1.807, 2.05) is 47.6 Å². The maximum atomic E-state index is 13.8. The first-order chi connectivity index (χ1) is 11.5. The lowest BCUT2D eigenvalue weighted by Crippen LogP contribution is -2.47. The second-order valence-electron chi connectivity index (χ2n) is 7.52. The second-order valence-corrected chi connectivity index (χ2v) is 7.52. The first-order valence-corrected chi connectivity index (χ1v) is 8.59. The Morgan fingerprint density at radius 2 is 1.88 bits per heavy atom. The number of ether oxygens (including phenoxy) is 2. The van der Waals surface area contributed by atoms with Gasteiger partial charge in [0, 0.05) is 18.6 Å². The van der Waals surface area contributed by atoms with Crippen molar-refractivity contribution in [2.24, 2.45) is 5.92 Å². The first-order valence-electron chi connectivity index (χ1n) is 8.59. The molecule has 142 valence electrons. The van der Waals surface area contributed by atoms with Crippen molar-refractivity contribution in [2.45, 2.75) is 59.2 Å². The van der Waals surface area contributed by atoms with Crippen LogP contribution >= 0.6 is 0 Å². The van der Waals surface area contributed by atoms with Gasteiger partial charge >= 0.3 is 6.09 Å². The van der Waals surface area contributed by atoms with Crippen molar-refractivity contribution in [2.75, 3.05) is 13.7 Å². The smallest absolute Gasteiger partial charge is 0.407 e. The van der Waals surface area contributed by atoms with Crippen LogP contribution in [0.2, 0.25) is 0 Å². The Kier molecular flexibility index (Phi) is 7.67. The zero-order valence-corrected chi connectivity index (χ0v) is 16.3. The van der Waals surface area contributed by atoms with E-state index in [0.717, 1.165) is 5.56 Å². The molecular weight excluding hydrogens is 323 g/mol. The van der Waals surface area contributed by atoms with E-state index in [1.165, 1.54) is 13.2 Å². The van der Waals surface area contributed by atoms with Crippen molar-refractivity contribution in [3.8, 4) is 5.75 Å². The Morgan fingerprint density at radius 3 is 2.36 bits per heavy atom. The molecule has 1 rings (SSSR count). The molecule has 1 aromatic rings. The standard InChI is InChI=1S/C19H31FN2O3/c1-12(2)16(22-18(23)25-19(4,5)6)11-21-13(3)14-8-9-17(24-7)15(20)10-14/h8-10,12-13,16,21H,11H2,1-7H3,(H,22,23). The number of alkyl carbamates (subject to hydrolysis) is 1. The van der Waals surface area contributed by atoms with Crippen LogP contribution in [0.3, 0.4) is 0 Å². The normalized spacial score (nSPS) is 14.1. The average Bonchev–Trinajstić information content (AvgIpc) is 2.48. The number of benzene rings is 1. The Labute approximate surface area is 150 Å². The minimum absolute atomic E-state index is 0.0675. The summed E-state index contributed by atoms with van der Waals surface area (Å²) < 4.78 is 24.1. The van der Waals surface area contributed by atoms with Gasteiger partial charge in [-0.3, -0.25) is 0 Å². The van der Waals surface area contributed by atoms with Crippen molar-refractivity contribution in [3.05, 3.63) is 29.6 Å². The summed E-state index contributed by atoms with van der Waals surface area (Å²) in [5, 5.41) is 6.23. The third-order valence-corrected chi connectivity index (χ3v) is 3.83. The molecule has 0 radical (unpaired) electrons. The maximum Gasteiger partial charge on any atom is 0.407 e. The van der Waals surface area contributed by atoms with Crippen LogP contribution in [0, 0.1) is 11.7 Å². The van der Waals surface area contributed by atoms with Crippen LogP contribution in [-0.4, -0.2) is 31.4 Å². The number of hydrogen-bond donors (Lipinski definition) is 2. The number of hydrogen-bond acceptors (Lipinski definition) is 4. The molecule has 2 N–H and O–H groups in total. The van der Waals surface area contributed by atoms with Gasteiger partial charge in [-0.15, -0.1) is 0 Å². The minimum atomic E-state index is -0.535. The number of halogens is 1. The van der Waals surface area contributed by atoms with Gasteiger partial charge < -0.3 is 20.1 Å². The van der Waals surface area contributed by atoms with E-state index in [4.69, 9.17) is 9.47 Å². The quantitative estimate of drug-likeness (QED) is 0.776. The molecule has 1 amide bonds. The van der Waals surface area contributed by atoms with E-state index in [0.29, 0.717) is 6.54 Å². The lowest BCUT2D eigenvalue weighted by molar-refractivity contribution is 0.0489. The Bertz CT molecular complexity index is 570. The zero-order chi connectivity index (χ0) is 19.2. The molecule has 0 fully saturated rings. The third kappa shape index (κ3) is 7.30. The van der Waals surface area contributed by atoms with Crippen molar-refractivity contribution in [1.29, 1.82) is 0 Å². The minimum Gasteiger partial charge on any atom is -0.494 e. The van der Waals surface area contributed by atoms with Gasteiger partial charge in [0.1, 0.15) is 5.60 Å². The van der Waals surface area contributed by atoms with E-state index >= 15 is 0 Å². The van der Waals surface area contributed by atoms with E-state index in [2.05, 4.69) is 10.6 Å². The predicted molar refractivity (Wildman–Crippen MR) is 97.4 cm³/mol. The summed E-state index contributed by atoms with van der Waals surface area (Å²) in [5.74, 6) is 0.0587. The van der Waals surface area contributed by atoms with E-state index in [9.17, 15) is 9.18 Å². The van der Waals surface area contributed by atoms with Crippen LogP contribution in [-0.2, 0) is 4.74 Å². The number of carbonyl (C=O) groups excluding carboxylic acids is 1. The van der Waals surface area contributed by atoms with Crippen molar-refractivity contribution in [3.63, 3.8) is 0 Å². The average molecular weight is 354 g/mol. The number of rotatable bonds is 7. The van der Waals surface area contributed by atoms with E-state index in [-0.39, 0.29) is 29.6 Å². The van der Waals surface area contributed by atoms with Gasteiger partial charge in [-0.1, -0.05) is 19.9 Å². The van der Waals surface area contributed by atoms with Gasteiger partial charge in [-0.05, 0) is 51.3 Å². The maximum absolute atomic E-state index is 13.8. The van der Waals surface area contributed by atoms with Crippen LogP contribution in [0.4, 0.5) is 9.18 Å². The summed E-state index contributed by atoms with van der Waals surface area (Å²) in [7, 11) is 1.44. The van der Waals surface area contributed by atoms with Crippen LogP contribution in [0.25, 0.3) is 0 Å². The molecule has 0 heterocycles. The third-order valence-electron chi connectivity index (χ3n) is 3.83. The summed E-state index contributed by atoms with van der Waals surface area (Å²) in [6.07, 6.45) is -0.434. The monoisotopic (exact) mass is 354 g/mol. The van der Waals surface area contributed by atoms with Crippen LogP contribution in [0.15, 0.2) is 18.2 Å². The van der Waals surface area contributed by atoms with E-state index in [1.54, 1.807) is 6.07 Å². The van der Waals surface area contributed by atoms with Gasteiger partial charge in [-0.25, -0.2) is 9.18 Å². The summed E-state index contributed by atoms with van der Waals surface area (Å²) in [6, 6.07) is 4.73. The van der Waals surface area contributed by atoms with Gasteiger partial charge in [-0.2, -0.15) is 0 Å². The van der Waals surface area contributed by atoms with Crippen LogP contribution < -0.4 is 15.4 Å². The molecule has 25 heavy (non-hydrogen) atoms. The second kappa shape index (κ2) is 9.04. The predicted octanol–water partition coefficient (Wildman–Crippen LogP) is 4.03. The van der Waals surface area contributed by atoms with Crippen LogP contribution in [0.1, 0.15) is 53.1 Å². The summed E-state index contributed by atoms with van der Waals surface area (Å²) in [4.78, 5) is 12.0. The van der Waals surface area contributed by atoms with E-state index < -0.39 is 11.7 Å². The topological polar surface area (TPSA) is 59.6 Å². The lowest BCUT2D eigenvalue weighted by atomic mass is 10.0. The molecular formula is C19H31FN2O3. The zero-order valence-electron chi connectivity index (χ0n) is 16.3. The molecule has 0 spiro atoms. The molecule has 0 aliphatic heterocycles. The number of methoxy groups -OCH3 is 1. The van der Waals surface area contributed by atoms with Crippen molar-refractivity contribution >= 4 is 6.09 Å². The molecule has 2 unspecified atom stereocenters. The van der Waals surface area contributed by atoms with Gasteiger partial charge in [0.05, 0.1) is 7.11 Å². The lowest BCUT2D eigenvalue weighted by Gasteiger charge is -2.27. The first kappa shape index (κ1) is 21.2. The molecule has 5 nitrogen and oxygen atoms in total. The van der Waals surface area contributed by atoms with Gasteiger partial charge in [0.2, 0.25) is 0 Å². The molecule has 1 aromatic carbocycles. The van der Waals surface area contributed by atoms with Crippen molar-refractivity contribution < 1.29 is 18.7 Å². The summed E-state index contributed by atoms with van der Waals surface area (Å²) in [6.45, 7) is 12.0. The highest BCUT2D eigenvalue weighted by Gasteiger charge is 2.22. The van der Waals surface area contributed by atoms with Gasteiger partial charge in [0.25, 0.3) is 0 Å². The summed E-state index contributed by atoms with van der Waals surface area (Å²) in [5.41, 5.74) is 0.283. The molecule has 0 aromatic heterocycles. The highest BCUT2D eigenvalue weighted by molar-refractivity contribution is 5.68. The Balaban J connectivity index is 2.64. The summed E-state index contributed by atoms with van der Waals surface area (Å²) >= 11 is 0. The highest BCUT2D eigenvalue weighted by atomic mass is 19.1. The molecule has 0 aliphatic carbocycles. The Morgan fingerprint density at radius 1 is 1.24 bits per heavy atom. The molecule has 0 saturated carbocycles. The number of amides is 1. The van der Waals surface area contributed by atoms with Crippen LogP contribution in [0.5, 0.6) is 5.75 Å². The number of carbonyl (C=O) groups is 1. The molecule has 0 bridgehead atoms. The Hall–Kier alpha value is -1.82. The molecule has 0 aliphatic rings.